The molecule has 20 heavy (non-hydrogen) atoms. The maximum atomic E-state index is 11.5. The molecule has 0 saturated carbocycles. The van der Waals surface area contributed by atoms with E-state index in [1.54, 1.807) is 0 Å². The Balaban J connectivity index is 2.49. The van der Waals surface area contributed by atoms with Crippen molar-refractivity contribution in [3.63, 3.8) is 0 Å². The Kier molecular flexibility index (Phi) is 7.19. The monoisotopic (exact) mass is 300 g/mol. The van der Waals surface area contributed by atoms with Gasteiger partial charge in [-0.2, -0.15) is 0 Å². The number of ether oxygens (including phenoxy) is 1. The smallest absolute Gasteiger partial charge is 0.309 e. The van der Waals surface area contributed by atoms with Gasteiger partial charge in [0.2, 0.25) is 0 Å². The molecule has 1 aliphatic rings. The summed E-state index contributed by atoms with van der Waals surface area (Å²) in [6.07, 6.45) is 0. The third kappa shape index (κ3) is 4.05. The number of hydrogen-bond acceptors (Lipinski definition) is 4. The third-order valence-electron chi connectivity index (χ3n) is 5.15. The van der Waals surface area contributed by atoms with E-state index in [2.05, 4.69) is 30.2 Å². The van der Waals surface area contributed by atoms with Gasteiger partial charge in [0, 0.05) is 32.7 Å². The van der Waals surface area contributed by atoms with Crippen LogP contribution < -0.4 is 0 Å². The summed E-state index contributed by atoms with van der Waals surface area (Å²) in [5, 5.41) is 0. The van der Waals surface area contributed by atoms with Crippen LogP contribution in [0.4, 0.5) is 0 Å². The second kappa shape index (κ2) is 8.15. The van der Waals surface area contributed by atoms with E-state index in [1.165, 1.54) is 38.3 Å². The molecular weight excluding hydrogens is 268 g/mol. The largest absolute Gasteiger partial charge is 0.469 e. The zero-order valence-corrected chi connectivity index (χ0v) is 14.9. The molecule has 5 heteroatoms. The highest BCUT2D eigenvalue weighted by Gasteiger charge is 2.36. The Morgan fingerprint density at radius 2 is 1.60 bits per heavy atom. The van der Waals surface area contributed by atoms with Crippen molar-refractivity contribution in [1.29, 1.82) is 0 Å². The van der Waals surface area contributed by atoms with Crippen LogP contribution in [0.1, 0.15) is 27.7 Å². The van der Waals surface area contributed by atoms with E-state index in [9.17, 15) is 4.79 Å². The second-order valence-electron chi connectivity index (χ2n) is 6.00. The maximum Gasteiger partial charge on any atom is 0.309 e. The number of carbonyl (C=O) groups is 1. The average molecular weight is 301 g/mol. The molecule has 0 radical (unpaired) electrons. The van der Waals surface area contributed by atoms with Gasteiger partial charge < -0.3 is 14.2 Å². The Hall–Kier alpha value is -0.393. The molecule has 4 nitrogen and oxygen atoms in total. The van der Waals surface area contributed by atoms with E-state index in [1.807, 2.05) is 6.92 Å². The van der Waals surface area contributed by atoms with Gasteiger partial charge in [-0.3, -0.25) is 4.79 Å². The number of nitrogens with zero attached hydrogens (tertiary/aromatic N) is 2. The minimum Gasteiger partial charge on any atom is -0.469 e. The molecule has 1 unspecified atom stereocenters. The number of hydrogen-bond donors (Lipinski definition) is 0. The number of esters is 1. The van der Waals surface area contributed by atoms with Crippen LogP contribution in [-0.4, -0.2) is 63.5 Å². The van der Waals surface area contributed by atoms with Gasteiger partial charge in [-0.1, -0.05) is 27.7 Å². The third-order valence-corrected chi connectivity index (χ3v) is 10.9. The molecule has 0 aromatic carbocycles. The van der Waals surface area contributed by atoms with E-state index in [4.69, 9.17) is 4.74 Å². The first kappa shape index (κ1) is 17.7. The molecule has 0 N–H and O–H groups in total. The van der Waals surface area contributed by atoms with Crippen molar-refractivity contribution in [2.24, 2.45) is 5.92 Å². The predicted molar refractivity (Wildman–Crippen MR) is 86.4 cm³/mol. The highest BCUT2D eigenvalue weighted by atomic mass is 28.3. The van der Waals surface area contributed by atoms with Crippen LogP contribution in [0.3, 0.4) is 0 Å². The van der Waals surface area contributed by atoms with Gasteiger partial charge in [-0.25, -0.2) is 0 Å². The van der Waals surface area contributed by atoms with Crippen molar-refractivity contribution in [2.45, 2.75) is 45.8 Å². The average Bonchev–Trinajstić information content (AvgIpc) is 2.50. The van der Waals surface area contributed by atoms with Crippen LogP contribution in [0, 0.1) is 5.92 Å². The number of carbonyl (C=O) groups excluding carboxylic acids is 1. The van der Waals surface area contributed by atoms with Crippen LogP contribution in [0.2, 0.25) is 18.1 Å². The molecule has 0 amide bonds. The van der Waals surface area contributed by atoms with E-state index < -0.39 is 8.24 Å². The second-order valence-corrected chi connectivity index (χ2v) is 11.2. The summed E-state index contributed by atoms with van der Waals surface area (Å²) in [5.41, 5.74) is 0. The van der Waals surface area contributed by atoms with E-state index >= 15 is 0 Å². The zero-order chi connectivity index (χ0) is 15.2. The molecule has 0 bridgehead atoms. The molecule has 1 aliphatic heterocycles. The fraction of sp³-hybridized carbons (Fsp3) is 0.933. The summed E-state index contributed by atoms with van der Waals surface area (Å²) >= 11 is 0. The van der Waals surface area contributed by atoms with Crippen molar-refractivity contribution in [3.05, 3.63) is 0 Å². The van der Waals surface area contributed by atoms with Crippen molar-refractivity contribution in [1.82, 2.24) is 9.47 Å². The quantitative estimate of drug-likeness (QED) is 0.534. The van der Waals surface area contributed by atoms with E-state index in [0.717, 1.165) is 19.6 Å². The lowest BCUT2D eigenvalue weighted by Gasteiger charge is -2.46. The van der Waals surface area contributed by atoms with Crippen LogP contribution in [-0.2, 0) is 9.53 Å². The molecule has 1 fully saturated rings. The van der Waals surface area contributed by atoms with Gasteiger partial charge in [0.05, 0.1) is 13.0 Å². The van der Waals surface area contributed by atoms with Gasteiger partial charge in [0.1, 0.15) is 8.24 Å². The van der Waals surface area contributed by atoms with Crippen molar-refractivity contribution in [3.8, 4) is 0 Å². The summed E-state index contributed by atoms with van der Waals surface area (Å²) < 4.78 is 7.61. The molecule has 1 atom stereocenters. The van der Waals surface area contributed by atoms with Gasteiger partial charge >= 0.3 is 5.97 Å². The summed E-state index contributed by atoms with van der Waals surface area (Å²) in [4.78, 5) is 13.9. The molecule has 1 heterocycles. The van der Waals surface area contributed by atoms with Crippen molar-refractivity contribution in [2.75, 3.05) is 39.8 Å². The van der Waals surface area contributed by atoms with Crippen LogP contribution >= 0.6 is 0 Å². The van der Waals surface area contributed by atoms with Gasteiger partial charge in [-0.15, -0.1) is 0 Å². The first-order valence-electron chi connectivity index (χ1n) is 8.08. The summed E-state index contributed by atoms with van der Waals surface area (Å²) in [6, 6.07) is 4.08. The molecular formula is C15H32N2O2Si. The Bertz CT molecular complexity index is 292. The van der Waals surface area contributed by atoms with Crippen LogP contribution in [0.5, 0.6) is 0 Å². The van der Waals surface area contributed by atoms with E-state index in [-0.39, 0.29) is 11.9 Å². The molecule has 1 saturated heterocycles. The first-order valence-corrected chi connectivity index (χ1v) is 10.6. The normalized spacial score (nSPS) is 19.9. The van der Waals surface area contributed by atoms with Gasteiger partial charge in [0.15, 0.2) is 0 Å². The first-order chi connectivity index (χ1) is 9.52. The van der Waals surface area contributed by atoms with Gasteiger partial charge in [0.25, 0.3) is 0 Å². The molecule has 118 valence electrons. The summed E-state index contributed by atoms with van der Waals surface area (Å²) in [6.45, 7) is 14.4. The standard InChI is InChI=1S/C15H32N2O2Si/c1-6-20(7-2,8-3)17-11-9-16(10-12-17)13-14(4)15(18)19-5/h14H,6-13H2,1-5H3. The fourth-order valence-electron chi connectivity index (χ4n) is 3.49. The number of rotatable bonds is 7. The summed E-state index contributed by atoms with van der Waals surface area (Å²) in [7, 11) is 0.273. The lowest BCUT2D eigenvalue weighted by Crippen LogP contribution is -2.60. The summed E-state index contributed by atoms with van der Waals surface area (Å²) in [5.74, 6) is -0.107. The lowest BCUT2D eigenvalue weighted by atomic mass is 10.1. The van der Waals surface area contributed by atoms with Crippen LogP contribution in [0.15, 0.2) is 0 Å². The van der Waals surface area contributed by atoms with Crippen molar-refractivity contribution < 1.29 is 9.53 Å². The SMILES string of the molecule is CC[Si](CC)(CC)N1CCN(CC(C)C(=O)OC)CC1. The highest BCUT2D eigenvalue weighted by Crippen LogP contribution is 2.26. The van der Waals surface area contributed by atoms with Gasteiger partial charge in [-0.05, 0) is 18.1 Å². The number of methoxy groups -OCH3 is 1. The Morgan fingerprint density at radius 3 is 2.00 bits per heavy atom. The number of piperazine rings is 1. The minimum atomic E-state index is -1.20. The zero-order valence-electron chi connectivity index (χ0n) is 13.9. The fourth-order valence-corrected chi connectivity index (χ4v) is 7.48. The molecule has 1 rings (SSSR count). The minimum absolute atomic E-state index is 0.0166. The molecule has 0 aliphatic carbocycles. The van der Waals surface area contributed by atoms with E-state index in [0.29, 0.717) is 0 Å². The molecule has 0 spiro atoms. The predicted octanol–water partition coefficient (Wildman–Crippen LogP) is 2.42. The van der Waals surface area contributed by atoms with Crippen LogP contribution in [0.25, 0.3) is 0 Å². The topological polar surface area (TPSA) is 32.8 Å². The van der Waals surface area contributed by atoms with Crippen molar-refractivity contribution >= 4 is 14.2 Å². The molecule has 0 aromatic rings. The lowest BCUT2D eigenvalue weighted by molar-refractivity contribution is -0.145. The highest BCUT2D eigenvalue weighted by molar-refractivity contribution is 6.77. The Morgan fingerprint density at radius 1 is 1.10 bits per heavy atom. The Labute approximate surface area is 125 Å². The molecule has 0 aromatic heterocycles. The maximum absolute atomic E-state index is 11.5.